The second kappa shape index (κ2) is 18.7. The summed E-state index contributed by atoms with van der Waals surface area (Å²) >= 11 is 0. The molecule has 0 amide bonds. The number of fused-ring (bicyclic) bond motifs is 1. The van der Waals surface area contributed by atoms with Crippen LogP contribution in [0.4, 0.5) is 0 Å². The van der Waals surface area contributed by atoms with E-state index in [2.05, 4.69) is 6.58 Å². The van der Waals surface area contributed by atoms with Gasteiger partial charge in [-0.2, -0.15) is 0 Å². The Morgan fingerprint density at radius 3 is 1.81 bits per heavy atom. The zero-order valence-electron chi connectivity index (χ0n) is 41.2. The van der Waals surface area contributed by atoms with E-state index in [1.807, 2.05) is 0 Å². The molecule has 0 aromatic heterocycles. The van der Waals surface area contributed by atoms with Crippen molar-refractivity contribution < 1.29 is 87.0 Å². The lowest BCUT2D eigenvalue weighted by Gasteiger charge is -2.62. The maximum atomic E-state index is 14.4. The van der Waals surface area contributed by atoms with Gasteiger partial charge in [0, 0.05) is 31.6 Å². The largest absolute Gasteiger partial charge is 0.465 e. The SMILES string of the molecule is C=C(C)[C@]12C[C@@H](COC(C)=O)[C@@]34OC5(O[C@@H]1[C@@H]3[C@@H]1O[C@]1(CO)[C@@H](O)[C@@]1(O)[C@H]4[C@H]([C@H](C)[C@@H]1OC(=O)c1ccccc1)[C@H](C)CC(OC(=O)c1ccccc1)C(OC(C)=O)C(OC(=O)c1ccccc1)CC[C@H]5O)O2. The molecule has 3 aromatic rings. The summed E-state index contributed by atoms with van der Waals surface area (Å²) in [6, 6.07) is 24.2. The molecule has 73 heavy (non-hydrogen) atoms. The number of epoxide rings is 1. The van der Waals surface area contributed by atoms with Crippen molar-refractivity contribution in [1.29, 1.82) is 0 Å². The van der Waals surface area contributed by atoms with E-state index in [0.717, 1.165) is 6.92 Å². The van der Waals surface area contributed by atoms with Crippen LogP contribution in [0.5, 0.6) is 0 Å². The highest BCUT2D eigenvalue weighted by atomic mass is 16.9. The second-order valence-corrected chi connectivity index (χ2v) is 21.1. The van der Waals surface area contributed by atoms with Gasteiger partial charge in [0.25, 0.3) is 0 Å². The molecule has 4 N–H and O–H groups in total. The van der Waals surface area contributed by atoms with Crippen molar-refractivity contribution in [2.24, 2.45) is 35.5 Å². The molecule has 3 bridgehead atoms. The van der Waals surface area contributed by atoms with Crippen LogP contribution in [0.15, 0.2) is 103 Å². The Bertz CT molecular complexity index is 2630. The van der Waals surface area contributed by atoms with E-state index >= 15 is 0 Å². The molecule has 3 aromatic carbocycles. The normalized spacial score (nSPS) is 41.8. The van der Waals surface area contributed by atoms with E-state index in [1.54, 1.807) is 87.5 Å². The fraction of sp³-hybridized carbons (Fsp3) is 0.545. The molecule has 0 radical (unpaired) electrons. The van der Waals surface area contributed by atoms with Gasteiger partial charge >= 0.3 is 35.8 Å². The Morgan fingerprint density at radius 1 is 0.712 bits per heavy atom. The first-order valence-electron chi connectivity index (χ1n) is 25.0. The van der Waals surface area contributed by atoms with Crippen LogP contribution in [0, 0.1) is 35.5 Å². The number of carbonyl (C=O) groups is 5. The summed E-state index contributed by atoms with van der Waals surface area (Å²) in [6.07, 6.45) is -13.0. The lowest BCUT2D eigenvalue weighted by Crippen LogP contribution is -2.75. The van der Waals surface area contributed by atoms with Crippen LogP contribution in [0.1, 0.15) is 91.4 Å². The minimum absolute atomic E-state index is 0.0279. The molecule has 2 spiro atoms. The first-order valence-corrected chi connectivity index (χ1v) is 25.0. The van der Waals surface area contributed by atoms with Crippen LogP contribution < -0.4 is 0 Å². The van der Waals surface area contributed by atoms with E-state index in [4.69, 9.17) is 42.6 Å². The fourth-order valence-electron chi connectivity index (χ4n) is 14.0. The summed E-state index contributed by atoms with van der Waals surface area (Å²) in [6.45, 7) is 10.8. The third-order valence-corrected chi connectivity index (χ3v) is 17.0. The van der Waals surface area contributed by atoms with Crippen LogP contribution in [0.25, 0.3) is 0 Å². The molecule has 4 heterocycles. The molecule has 18 nitrogen and oxygen atoms in total. The van der Waals surface area contributed by atoms with Crippen LogP contribution in [0.3, 0.4) is 0 Å². The van der Waals surface area contributed by atoms with Gasteiger partial charge in [-0.05, 0) is 92.3 Å². The highest BCUT2D eigenvalue weighted by Gasteiger charge is 2.91. The van der Waals surface area contributed by atoms with Gasteiger partial charge in [-0.25, -0.2) is 14.4 Å². The van der Waals surface area contributed by atoms with E-state index in [1.165, 1.54) is 31.2 Å². The molecular formula is C55H62O18. The van der Waals surface area contributed by atoms with Gasteiger partial charge < -0.3 is 63.1 Å². The highest BCUT2D eigenvalue weighted by molar-refractivity contribution is 5.90. The molecule has 19 atom stereocenters. The number of ether oxygens (including phenoxy) is 9. The molecule has 3 aliphatic carbocycles. The van der Waals surface area contributed by atoms with Gasteiger partial charge in [-0.3, -0.25) is 9.59 Å². The van der Waals surface area contributed by atoms with Gasteiger partial charge in [-0.1, -0.05) is 75.0 Å². The Labute approximate surface area is 421 Å². The average Bonchev–Trinajstić information content (AvgIpc) is 4.01. The van der Waals surface area contributed by atoms with Crippen molar-refractivity contribution >= 4 is 29.8 Å². The minimum atomic E-state index is -2.60. The van der Waals surface area contributed by atoms with Crippen molar-refractivity contribution in [3.63, 3.8) is 0 Å². The lowest BCUT2D eigenvalue weighted by atomic mass is 9.51. The van der Waals surface area contributed by atoms with Crippen LogP contribution in [-0.2, 0) is 52.2 Å². The summed E-state index contributed by atoms with van der Waals surface area (Å²) < 4.78 is 59.1. The third kappa shape index (κ3) is 7.93. The fourth-order valence-corrected chi connectivity index (χ4v) is 14.0. The molecule has 7 fully saturated rings. The van der Waals surface area contributed by atoms with Gasteiger partial charge in [-0.15, -0.1) is 0 Å². The van der Waals surface area contributed by atoms with Crippen LogP contribution >= 0.6 is 0 Å². The highest BCUT2D eigenvalue weighted by Crippen LogP contribution is 2.76. The Hall–Kier alpha value is -5.57. The number of aliphatic hydroxyl groups excluding tert-OH is 3. The maximum absolute atomic E-state index is 14.4. The number of hydrogen-bond donors (Lipinski definition) is 4. The van der Waals surface area contributed by atoms with E-state index < -0.39 is 149 Å². The van der Waals surface area contributed by atoms with Crippen molar-refractivity contribution in [2.45, 2.75) is 138 Å². The molecule has 10 rings (SSSR count). The molecule has 390 valence electrons. The van der Waals surface area contributed by atoms with Crippen molar-refractivity contribution in [3.05, 3.63) is 120 Å². The molecule has 4 aliphatic heterocycles. The smallest absolute Gasteiger partial charge is 0.338 e. The maximum Gasteiger partial charge on any atom is 0.338 e. The number of carbonyl (C=O) groups excluding carboxylic acids is 5. The predicted molar refractivity (Wildman–Crippen MR) is 252 cm³/mol. The minimum Gasteiger partial charge on any atom is -0.465 e. The number of esters is 5. The van der Waals surface area contributed by atoms with E-state index in [0.29, 0.717) is 5.57 Å². The van der Waals surface area contributed by atoms with Crippen LogP contribution in [-0.4, -0.2) is 141 Å². The molecule has 18 heteroatoms. The Kier molecular flexibility index (Phi) is 13.0. The van der Waals surface area contributed by atoms with Gasteiger partial charge in [0.05, 0.1) is 35.5 Å². The summed E-state index contributed by atoms with van der Waals surface area (Å²) in [5, 5.41) is 51.7. The van der Waals surface area contributed by atoms with E-state index in [9.17, 15) is 44.4 Å². The van der Waals surface area contributed by atoms with Crippen molar-refractivity contribution in [1.82, 2.24) is 0 Å². The summed E-state index contributed by atoms with van der Waals surface area (Å²) in [5.41, 5.74) is -7.09. The first kappa shape index (κ1) is 50.9. The molecule has 4 unspecified atom stereocenters. The molecular weight excluding hydrogens is 949 g/mol. The van der Waals surface area contributed by atoms with Gasteiger partial charge in [0.15, 0.2) is 6.10 Å². The topological polar surface area (TPSA) is 253 Å². The molecule has 4 saturated heterocycles. The zero-order chi connectivity index (χ0) is 52.0. The number of hydrogen-bond acceptors (Lipinski definition) is 18. The Balaban J connectivity index is 1.22. The Morgan fingerprint density at radius 2 is 1.27 bits per heavy atom. The van der Waals surface area contributed by atoms with Crippen LogP contribution in [0.2, 0.25) is 0 Å². The van der Waals surface area contributed by atoms with Gasteiger partial charge in [0.2, 0.25) is 0 Å². The standard InChI is InChI=1S/C55H62O18/c1-28(2)51-25-36(26-65-31(5)57)54-41-45(51)71-55(72-51,73-54)39(59)23-22-37(67-47(60)33-16-10-7-11-17-33)42(66-32(6)58)38(68-48(61)34-18-12-8-13-19-34)24-29(3)40-30(4)44(69-49(62)35-20-14-9-15-21-35)53(64,43(40)54)50(63)52(27-56)46(41)70-52/h7-21,29-30,36-46,50,56,59,63-64H,1,22-27H2,2-6H3/t29-,30+,36+,37?,38?,39-,40+,41-,42?,43-,44+,45-,46+,50-,51-,52+,53-,54-,55?/m1/s1. The van der Waals surface area contributed by atoms with Gasteiger partial charge in [0.1, 0.15) is 59.5 Å². The number of rotatable bonds is 11. The predicted octanol–water partition coefficient (Wildman–Crippen LogP) is 4.25. The van der Waals surface area contributed by atoms with Crippen molar-refractivity contribution in [2.75, 3.05) is 13.2 Å². The monoisotopic (exact) mass is 1010 g/mol. The quantitative estimate of drug-likeness (QED) is 0.0907. The summed E-state index contributed by atoms with van der Waals surface area (Å²) in [4.78, 5) is 69.2. The average molecular weight is 1010 g/mol. The summed E-state index contributed by atoms with van der Waals surface area (Å²) in [5.74, 6) is -12.6. The number of benzene rings is 3. The first-order chi connectivity index (χ1) is 34.8. The zero-order valence-corrected chi connectivity index (χ0v) is 41.2. The third-order valence-electron chi connectivity index (χ3n) is 17.0. The molecule has 7 aliphatic rings. The lowest BCUT2D eigenvalue weighted by molar-refractivity contribution is -0.459. The number of aliphatic hydroxyl groups is 4. The second-order valence-electron chi connectivity index (χ2n) is 21.1. The summed E-state index contributed by atoms with van der Waals surface area (Å²) in [7, 11) is 0. The van der Waals surface area contributed by atoms with E-state index in [-0.39, 0.29) is 49.0 Å². The molecule has 3 saturated carbocycles. The van der Waals surface area contributed by atoms with Crippen molar-refractivity contribution in [3.8, 4) is 0 Å².